The lowest BCUT2D eigenvalue weighted by molar-refractivity contribution is -0.143. The molecular weight excluding hydrogens is 272 g/mol. The van der Waals surface area contributed by atoms with Gasteiger partial charge in [0.05, 0.1) is 12.4 Å². The molecule has 0 spiro atoms. The molecular formula is C11H20N2O5S. The minimum atomic E-state index is -1.08. The van der Waals surface area contributed by atoms with Crippen molar-refractivity contribution in [3.05, 3.63) is 0 Å². The minimum absolute atomic E-state index is 0.153. The number of nitrogens with two attached hydrogens (primary N) is 1. The van der Waals surface area contributed by atoms with Gasteiger partial charge in [0.2, 0.25) is 5.91 Å². The Balaban J connectivity index is 3.50. The normalized spacial score (nSPS) is 11.7. The van der Waals surface area contributed by atoms with Crippen LogP contribution in [0.15, 0.2) is 0 Å². The number of amides is 1. The monoisotopic (exact) mass is 292 g/mol. The molecule has 0 saturated carbocycles. The summed E-state index contributed by atoms with van der Waals surface area (Å²) in [5.74, 6) is -1.22. The van der Waals surface area contributed by atoms with Gasteiger partial charge in [-0.25, -0.2) is 0 Å². The van der Waals surface area contributed by atoms with Crippen molar-refractivity contribution in [2.24, 2.45) is 5.73 Å². The number of carboxylic acid groups (broad SMARTS) is 1. The van der Waals surface area contributed by atoms with E-state index >= 15 is 0 Å². The first-order chi connectivity index (χ1) is 8.97. The van der Waals surface area contributed by atoms with E-state index in [1.165, 1.54) is 0 Å². The number of esters is 1. The predicted octanol–water partition coefficient (Wildman–Crippen LogP) is -0.409. The van der Waals surface area contributed by atoms with Gasteiger partial charge in [-0.3, -0.25) is 14.4 Å². The first-order valence-electron chi connectivity index (χ1n) is 5.95. The lowest BCUT2D eigenvalue weighted by Crippen LogP contribution is -2.33. The summed E-state index contributed by atoms with van der Waals surface area (Å²) in [6.07, 6.45) is 0.787. The number of ether oxygens (including phenoxy) is 1. The standard InChI is InChI=1S/C11H20N2O5S/c1-2-18-10(15)4-3-5-13-9(14)7-19-6-8(12)11(16)17/h8H,2-7,12H2,1H3,(H,13,14)(H,16,17)/t8-/m0/s1. The highest BCUT2D eigenvalue weighted by Crippen LogP contribution is 2.01. The van der Waals surface area contributed by atoms with Gasteiger partial charge in [-0.15, -0.1) is 11.8 Å². The molecule has 1 amide bonds. The van der Waals surface area contributed by atoms with Crippen LogP contribution in [-0.2, 0) is 19.1 Å². The number of thioether (sulfide) groups is 1. The highest BCUT2D eigenvalue weighted by Gasteiger charge is 2.12. The van der Waals surface area contributed by atoms with Crippen molar-refractivity contribution in [2.45, 2.75) is 25.8 Å². The molecule has 0 aromatic heterocycles. The van der Waals surface area contributed by atoms with Gasteiger partial charge in [0.15, 0.2) is 0 Å². The van der Waals surface area contributed by atoms with E-state index in [2.05, 4.69) is 5.32 Å². The number of rotatable bonds is 10. The molecule has 4 N–H and O–H groups in total. The second-order valence-electron chi connectivity index (χ2n) is 3.72. The molecule has 7 nitrogen and oxygen atoms in total. The second-order valence-corrected chi connectivity index (χ2v) is 4.75. The largest absolute Gasteiger partial charge is 0.480 e. The smallest absolute Gasteiger partial charge is 0.321 e. The lowest BCUT2D eigenvalue weighted by atomic mass is 10.3. The van der Waals surface area contributed by atoms with E-state index < -0.39 is 12.0 Å². The van der Waals surface area contributed by atoms with Gasteiger partial charge in [-0.05, 0) is 13.3 Å². The maximum atomic E-state index is 11.3. The Labute approximate surface area is 116 Å². The highest BCUT2D eigenvalue weighted by molar-refractivity contribution is 8.00. The summed E-state index contributed by atoms with van der Waals surface area (Å²) in [6, 6.07) is -0.957. The zero-order valence-corrected chi connectivity index (χ0v) is 11.7. The number of hydrogen-bond acceptors (Lipinski definition) is 6. The summed E-state index contributed by atoms with van der Waals surface area (Å²) in [7, 11) is 0. The molecule has 0 aromatic carbocycles. The molecule has 0 bridgehead atoms. The van der Waals surface area contributed by atoms with E-state index in [-0.39, 0.29) is 29.8 Å². The molecule has 0 fully saturated rings. The number of carboxylic acids is 1. The molecule has 0 heterocycles. The lowest BCUT2D eigenvalue weighted by Gasteiger charge is -2.07. The van der Waals surface area contributed by atoms with Crippen molar-refractivity contribution in [3.63, 3.8) is 0 Å². The Morgan fingerprint density at radius 3 is 2.68 bits per heavy atom. The quantitative estimate of drug-likeness (QED) is 0.370. The molecule has 110 valence electrons. The summed E-state index contributed by atoms with van der Waals surface area (Å²) in [5.41, 5.74) is 5.28. The van der Waals surface area contributed by atoms with Crippen LogP contribution in [-0.4, -0.2) is 53.7 Å². The fourth-order valence-electron chi connectivity index (χ4n) is 1.09. The molecule has 19 heavy (non-hydrogen) atoms. The SMILES string of the molecule is CCOC(=O)CCCNC(=O)CSC[C@H](N)C(=O)O. The molecule has 0 aromatic rings. The summed E-state index contributed by atoms with van der Waals surface area (Å²) < 4.78 is 4.74. The van der Waals surface area contributed by atoms with Gasteiger partial charge in [0.1, 0.15) is 6.04 Å². The summed E-state index contributed by atoms with van der Waals surface area (Å²) in [5, 5.41) is 11.2. The van der Waals surface area contributed by atoms with Crippen molar-refractivity contribution in [2.75, 3.05) is 24.7 Å². The molecule has 0 radical (unpaired) electrons. The van der Waals surface area contributed by atoms with Crippen LogP contribution in [0.2, 0.25) is 0 Å². The first kappa shape index (κ1) is 17.7. The Hall–Kier alpha value is -1.28. The molecule has 0 rings (SSSR count). The van der Waals surface area contributed by atoms with Crippen LogP contribution in [0.1, 0.15) is 19.8 Å². The third-order valence-electron chi connectivity index (χ3n) is 2.03. The van der Waals surface area contributed by atoms with Gasteiger partial charge in [-0.2, -0.15) is 0 Å². The topological polar surface area (TPSA) is 119 Å². The summed E-state index contributed by atoms with van der Waals surface area (Å²) >= 11 is 1.16. The van der Waals surface area contributed by atoms with Crippen molar-refractivity contribution in [3.8, 4) is 0 Å². The second kappa shape index (κ2) is 10.6. The van der Waals surface area contributed by atoms with E-state index in [0.29, 0.717) is 19.6 Å². The van der Waals surface area contributed by atoms with Crippen molar-refractivity contribution < 1.29 is 24.2 Å². The fourth-order valence-corrected chi connectivity index (χ4v) is 1.90. The minimum Gasteiger partial charge on any atom is -0.480 e. The summed E-state index contributed by atoms with van der Waals surface area (Å²) in [6.45, 7) is 2.48. The number of carbonyl (C=O) groups excluding carboxylic acids is 2. The Kier molecular flexibility index (Phi) is 9.91. The zero-order valence-electron chi connectivity index (χ0n) is 10.9. The number of carbonyl (C=O) groups is 3. The van der Waals surface area contributed by atoms with Crippen molar-refractivity contribution >= 4 is 29.6 Å². The maximum absolute atomic E-state index is 11.3. The van der Waals surface area contributed by atoms with E-state index in [1.807, 2.05) is 0 Å². The highest BCUT2D eigenvalue weighted by atomic mass is 32.2. The van der Waals surface area contributed by atoms with Gasteiger partial charge in [0, 0.05) is 18.7 Å². The van der Waals surface area contributed by atoms with Crippen LogP contribution in [0.5, 0.6) is 0 Å². The maximum Gasteiger partial charge on any atom is 0.321 e. The van der Waals surface area contributed by atoms with Crippen LogP contribution in [0, 0.1) is 0 Å². The van der Waals surface area contributed by atoms with Gasteiger partial charge in [-0.1, -0.05) is 0 Å². The molecule has 0 aliphatic carbocycles. The van der Waals surface area contributed by atoms with Crippen LogP contribution in [0.25, 0.3) is 0 Å². The van der Waals surface area contributed by atoms with E-state index in [9.17, 15) is 14.4 Å². The Morgan fingerprint density at radius 1 is 1.42 bits per heavy atom. The molecule has 0 aliphatic rings. The molecule has 0 aliphatic heterocycles. The third kappa shape index (κ3) is 10.3. The van der Waals surface area contributed by atoms with Gasteiger partial charge < -0.3 is 20.9 Å². The third-order valence-corrected chi connectivity index (χ3v) is 3.09. The Morgan fingerprint density at radius 2 is 2.11 bits per heavy atom. The van der Waals surface area contributed by atoms with E-state index in [4.69, 9.17) is 15.6 Å². The van der Waals surface area contributed by atoms with Crippen LogP contribution in [0.3, 0.4) is 0 Å². The molecule has 8 heteroatoms. The average Bonchev–Trinajstić information content (AvgIpc) is 2.34. The average molecular weight is 292 g/mol. The van der Waals surface area contributed by atoms with Crippen LogP contribution < -0.4 is 11.1 Å². The van der Waals surface area contributed by atoms with Gasteiger partial charge in [0.25, 0.3) is 0 Å². The van der Waals surface area contributed by atoms with E-state index in [0.717, 1.165) is 11.8 Å². The number of hydrogen-bond donors (Lipinski definition) is 3. The van der Waals surface area contributed by atoms with Crippen molar-refractivity contribution in [1.29, 1.82) is 0 Å². The molecule has 0 unspecified atom stereocenters. The Bertz CT molecular complexity index is 311. The number of aliphatic carboxylic acids is 1. The van der Waals surface area contributed by atoms with Crippen LogP contribution in [0.4, 0.5) is 0 Å². The zero-order chi connectivity index (χ0) is 14.7. The van der Waals surface area contributed by atoms with Gasteiger partial charge >= 0.3 is 11.9 Å². The first-order valence-corrected chi connectivity index (χ1v) is 7.11. The van der Waals surface area contributed by atoms with Crippen molar-refractivity contribution in [1.82, 2.24) is 5.32 Å². The van der Waals surface area contributed by atoms with Crippen LogP contribution >= 0.6 is 11.8 Å². The van der Waals surface area contributed by atoms with E-state index in [1.54, 1.807) is 6.92 Å². The number of nitrogens with one attached hydrogen (secondary N) is 1. The summed E-state index contributed by atoms with van der Waals surface area (Å²) in [4.78, 5) is 32.7. The molecule has 0 saturated heterocycles. The molecule has 1 atom stereocenters. The fraction of sp³-hybridized carbons (Fsp3) is 0.727. The predicted molar refractivity (Wildman–Crippen MR) is 71.8 cm³/mol.